The van der Waals surface area contributed by atoms with Crippen LogP contribution < -0.4 is 10.6 Å². The van der Waals surface area contributed by atoms with Crippen LogP contribution in [0.4, 0.5) is 0 Å². The van der Waals surface area contributed by atoms with Crippen molar-refractivity contribution < 1.29 is 14.1 Å². The Morgan fingerprint density at radius 3 is 2.03 bits per heavy atom. The molecule has 0 aromatic carbocycles. The zero-order valence-corrected chi connectivity index (χ0v) is 20.4. The fraction of sp³-hybridized carbons (Fsp3) is 0.600. The van der Waals surface area contributed by atoms with Gasteiger partial charge in [-0.15, -0.1) is 0 Å². The van der Waals surface area contributed by atoms with Gasteiger partial charge in [-0.2, -0.15) is 0 Å². The van der Waals surface area contributed by atoms with Gasteiger partial charge in [0, 0.05) is 33.8 Å². The monoisotopic (exact) mass is 440 g/mol. The Kier molecular flexibility index (Phi) is 6.50. The van der Waals surface area contributed by atoms with Crippen LogP contribution in [0.2, 0.25) is 0 Å². The Morgan fingerprint density at radius 2 is 1.56 bits per heavy atom. The first-order valence-electron chi connectivity index (χ1n) is 11.4. The Hall–Kier alpha value is -2.70. The summed E-state index contributed by atoms with van der Waals surface area (Å²) in [6, 6.07) is 5.49. The number of carbonyl (C=O) groups is 2. The molecule has 0 saturated heterocycles. The van der Waals surface area contributed by atoms with Gasteiger partial charge in [0.05, 0.1) is 6.54 Å². The molecular weight excluding hydrogens is 404 g/mol. The molecule has 3 rings (SSSR count). The van der Waals surface area contributed by atoms with Crippen LogP contribution in [0, 0.1) is 6.92 Å². The minimum Gasteiger partial charge on any atom is -0.361 e. The van der Waals surface area contributed by atoms with Crippen molar-refractivity contribution in [3.63, 3.8) is 0 Å². The second-order valence-corrected chi connectivity index (χ2v) is 11.0. The number of aromatic nitrogens is 2. The van der Waals surface area contributed by atoms with Gasteiger partial charge in [-0.3, -0.25) is 14.6 Å². The van der Waals surface area contributed by atoms with E-state index in [-0.39, 0.29) is 29.2 Å². The fourth-order valence-corrected chi connectivity index (χ4v) is 3.95. The van der Waals surface area contributed by atoms with Crippen LogP contribution in [0.1, 0.15) is 100 Å². The first-order valence-corrected chi connectivity index (χ1v) is 11.4. The molecule has 0 spiro atoms. The molecule has 1 saturated carbocycles. The molecule has 0 atom stereocenters. The van der Waals surface area contributed by atoms with Gasteiger partial charge in [-0.1, -0.05) is 59.5 Å². The van der Waals surface area contributed by atoms with Gasteiger partial charge in [0.1, 0.15) is 17.0 Å². The van der Waals surface area contributed by atoms with E-state index in [1.54, 1.807) is 6.07 Å². The van der Waals surface area contributed by atoms with Gasteiger partial charge < -0.3 is 15.2 Å². The number of amides is 2. The molecule has 7 nitrogen and oxygen atoms in total. The van der Waals surface area contributed by atoms with Crippen LogP contribution >= 0.6 is 0 Å². The Bertz CT molecular complexity index is 957. The van der Waals surface area contributed by atoms with Crippen LogP contribution in [-0.2, 0) is 22.2 Å². The van der Waals surface area contributed by atoms with Crippen molar-refractivity contribution in [1.82, 2.24) is 20.8 Å². The molecule has 7 heteroatoms. The molecular formula is C25H36N4O3. The number of hydrogen-bond donors (Lipinski definition) is 2. The van der Waals surface area contributed by atoms with Gasteiger partial charge in [0.15, 0.2) is 0 Å². The highest BCUT2D eigenvalue weighted by atomic mass is 16.5. The molecule has 0 radical (unpaired) electrons. The molecule has 2 aromatic rings. The van der Waals surface area contributed by atoms with E-state index in [1.165, 1.54) is 0 Å². The summed E-state index contributed by atoms with van der Waals surface area (Å²) in [7, 11) is 0. The first-order chi connectivity index (χ1) is 14.8. The highest BCUT2D eigenvalue weighted by Gasteiger charge is 2.42. The minimum atomic E-state index is -0.914. The van der Waals surface area contributed by atoms with Gasteiger partial charge >= 0.3 is 0 Å². The number of hydrogen-bond acceptors (Lipinski definition) is 5. The van der Waals surface area contributed by atoms with Crippen LogP contribution in [0.3, 0.4) is 0 Å². The molecule has 0 unspecified atom stereocenters. The van der Waals surface area contributed by atoms with Crippen LogP contribution in [0.5, 0.6) is 0 Å². The lowest BCUT2D eigenvalue weighted by molar-refractivity contribution is -0.127. The van der Waals surface area contributed by atoms with Crippen LogP contribution in [0.15, 0.2) is 22.7 Å². The van der Waals surface area contributed by atoms with Crippen molar-refractivity contribution in [2.24, 2.45) is 0 Å². The molecule has 1 aliphatic rings. The van der Waals surface area contributed by atoms with E-state index in [0.29, 0.717) is 29.9 Å². The van der Waals surface area contributed by atoms with E-state index in [2.05, 4.69) is 57.3 Å². The average molecular weight is 441 g/mol. The standard InChI is InChI=1S/C25H36N4O3/c1-16-12-18(29-32-16)15-26-22(31)25(10-8-9-11-25)28-21(30)17-13-19(23(2,3)4)27-20(14-17)24(5,6)7/h12-14H,8-11,15H2,1-7H3,(H,26,31)(H,28,30). The quantitative estimate of drug-likeness (QED) is 0.721. The van der Waals surface area contributed by atoms with Crippen molar-refractivity contribution in [3.05, 3.63) is 46.6 Å². The van der Waals surface area contributed by atoms with E-state index >= 15 is 0 Å². The van der Waals surface area contributed by atoms with Gasteiger partial charge in [-0.05, 0) is 31.9 Å². The normalized spacial score (nSPS) is 16.1. The van der Waals surface area contributed by atoms with Gasteiger partial charge in [0.25, 0.3) is 5.91 Å². The zero-order chi connectivity index (χ0) is 23.7. The van der Waals surface area contributed by atoms with Crippen molar-refractivity contribution in [1.29, 1.82) is 0 Å². The SMILES string of the molecule is Cc1cc(CNC(=O)C2(NC(=O)c3cc(C(C)(C)C)nc(C(C)(C)C)c3)CCCC2)no1. The first kappa shape index (κ1) is 24.0. The van der Waals surface area contributed by atoms with Crippen LogP contribution in [0.25, 0.3) is 0 Å². The molecule has 2 aromatic heterocycles. The maximum Gasteiger partial charge on any atom is 0.252 e. The number of carbonyl (C=O) groups excluding carboxylic acids is 2. The fourth-order valence-electron chi connectivity index (χ4n) is 3.95. The molecule has 174 valence electrons. The second-order valence-electron chi connectivity index (χ2n) is 11.0. The maximum atomic E-state index is 13.4. The third-order valence-corrected chi connectivity index (χ3v) is 5.98. The molecule has 1 aliphatic carbocycles. The summed E-state index contributed by atoms with van der Waals surface area (Å²) in [5.74, 6) is 0.281. The molecule has 2 N–H and O–H groups in total. The lowest BCUT2D eigenvalue weighted by atomic mass is 9.86. The summed E-state index contributed by atoms with van der Waals surface area (Å²) in [5.41, 5.74) is 1.61. The lowest BCUT2D eigenvalue weighted by Gasteiger charge is -2.30. The topological polar surface area (TPSA) is 97.1 Å². The molecule has 0 aliphatic heterocycles. The van der Waals surface area contributed by atoms with E-state index in [1.807, 2.05) is 19.1 Å². The van der Waals surface area contributed by atoms with E-state index in [4.69, 9.17) is 9.51 Å². The highest BCUT2D eigenvalue weighted by molar-refractivity contribution is 5.99. The summed E-state index contributed by atoms with van der Waals surface area (Å²) < 4.78 is 5.07. The number of nitrogens with zero attached hydrogens (tertiary/aromatic N) is 2. The molecule has 2 amide bonds. The predicted octanol–water partition coefficient (Wildman–Crippen LogP) is 4.33. The summed E-state index contributed by atoms with van der Waals surface area (Å²) in [5, 5.41) is 9.95. The smallest absolute Gasteiger partial charge is 0.252 e. The zero-order valence-electron chi connectivity index (χ0n) is 20.4. The highest BCUT2D eigenvalue weighted by Crippen LogP contribution is 2.32. The third-order valence-electron chi connectivity index (χ3n) is 5.98. The predicted molar refractivity (Wildman–Crippen MR) is 123 cm³/mol. The Balaban J connectivity index is 1.84. The van der Waals surface area contributed by atoms with E-state index < -0.39 is 5.54 Å². The summed E-state index contributed by atoms with van der Waals surface area (Å²) >= 11 is 0. The minimum absolute atomic E-state index is 0.176. The largest absolute Gasteiger partial charge is 0.361 e. The number of rotatable bonds is 5. The maximum absolute atomic E-state index is 13.4. The Morgan fingerprint density at radius 1 is 1.00 bits per heavy atom. The molecule has 2 heterocycles. The van der Waals surface area contributed by atoms with Gasteiger partial charge in [-0.25, -0.2) is 0 Å². The van der Waals surface area contributed by atoms with E-state index in [0.717, 1.165) is 24.2 Å². The van der Waals surface area contributed by atoms with Gasteiger partial charge in [0.2, 0.25) is 5.91 Å². The van der Waals surface area contributed by atoms with E-state index in [9.17, 15) is 9.59 Å². The average Bonchev–Trinajstić information content (AvgIpc) is 3.34. The lowest BCUT2D eigenvalue weighted by Crippen LogP contribution is -2.57. The van der Waals surface area contributed by atoms with Crippen molar-refractivity contribution in [2.75, 3.05) is 0 Å². The summed E-state index contributed by atoms with van der Waals surface area (Å²) in [6.45, 7) is 14.6. The summed E-state index contributed by atoms with van der Waals surface area (Å²) in [4.78, 5) is 31.4. The number of nitrogens with one attached hydrogen (secondary N) is 2. The Labute approximate surface area is 190 Å². The third kappa shape index (κ3) is 5.37. The summed E-state index contributed by atoms with van der Waals surface area (Å²) in [6.07, 6.45) is 3.03. The van der Waals surface area contributed by atoms with Crippen molar-refractivity contribution in [3.8, 4) is 0 Å². The number of pyridine rings is 1. The number of aryl methyl sites for hydroxylation is 1. The molecule has 0 bridgehead atoms. The molecule has 1 fully saturated rings. The van der Waals surface area contributed by atoms with Crippen LogP contribution in [-0.4, -0.2) is 27.5 Å². The van der Waals surface area contributed by atoms with Crippen molar-refractivity contribution >= 4 is 11.8 Å². The van der Waals surface area contributed by atoms with Crippen molar-refractivity contribution in [2.45, 2.75) is 97.1 Å². The second kappa shape index (κ2) is 8.68. The molecule has 32 heavy (non-hydrogen) atoms.